The van der Waals surface area contributed by atoms with Crippen LogP contribution in [0.2, 0.25) is 0 Å². The van der Waals surface area contributed by atoms with Crippen LogP contribution in [0.3, 0.4) is 0 Å². The second-order valence-corrected chi connectivity index (χ2v) is 2.53. The van der Waals surface area contributed by atoms with Crippen molar-refractivity contribution in [2.75, 3.05) is 27.3 Å². The summed E-state index contributed by atoms with van der Waals surface area (Å²) < 4.78 is 5.13. The van der Waals surface area contributed by atoms with Gasteiger partial charge in [0, 0.05) is 27.1 Å². The first kappa shape index (κ1) is 9.28. The van der Waals surface area contributed by atoms with Gasteiger partial charge >= 0.3 is 0 Å². The molecule has 1 aliphatic heterocycles. The smallest absolute Gasteiger partial charge is 0.215 e. The summed E-state index contributed by atoms with van der Waals surface area (Å²) in [4.78, 5) is 9.17. The van der Waals surface area contributed by atoms with Crippen LogP contribution < -0.4 is 10.8 Å². The quantitative estimate of drug-likeness (QED) is 0.336. The molecular weight excluding hydrogens is 158 g/mol. The van der Waals surface area contributed by atoms with Crippen molar-refractivity contribution < 1.29 is 9.57 Å². The minimum atomic E-state index is 0.148. The van der Waals surface area contributed by atoms with Gasteiger partial charge in [-0.15, -0.1) is 0 Å². The number of aliphatic imine (C=N–C) groups is 1. The molecule has 0 aromatic heterocycles. The summed E-state index contributed by atoms with van der Waals surface area (Å²) in [7, 11) is 3.47. The fourth-order valence-electron chi connectivity index (χ4n) is 0.953. The summed E-state index contributed by atoms with van der Waals surface area (Å²) >= 11 is 0. The second-order valence-electron chi connectivity index (χ2n) is 2.53. The number of rotatable bonds is 2. The van der Waals surface area contributed by atoms with Crippen molar-refractivity contribution in [1.29, 1.82) is 0 Å². The number of guanidine groups is 1. The van der Waals surface area contributed by atoms with Crippen molar-refractivity contribution >= 4 is 5.96 Å². The van der Waals surface area contributed by atoms with E-state index in [2.05, 4.69) is 15.8 Å². The molecule has 0 bridgehead atoms. The second kappa shape index (κ2) is 4.95. The molecule has 0 saturated carbocycles. The Bertz CT molecular complexity index is 155. The van der Waals surface area contributed by atoms with Gasteiger partial charge in [-0.2, -0.15) is 0 Å². The normalized spacial score (nSPS) is 24.2. The number of nitrogens with zero attached hydrogens (tertiary/aromatic N) is 1. The van der Waals surface area contributed by atoms with Crippen LogP contribution in [0.1, 0.15) is 6.42 Å². The first-order chi connectivity index (χ1) is 5.86. The van der Waals surface area contributed by atoms with Crippen molar-refractivity contribution in [2.45, 2.75) is 12.5 Å². The summed E-state index contributed by atoms with van der Waals surface area (Å²) in [5, 5.41) is 2.85. The molecule has 0 amide bonds. The molecule has 1 fully saturated rings. The van der Waals surface area contributed by atoms with Gasteiger partial charge in [0.05, 0.1) is 6.61 Å². The molecule has 5 heteroatoms. The molecule has 5 nitrogen and oxygen atoms in total. The van der Waals surface area contributed by atoms with Crippen LogP contribution >= 0.6 is 0 Å². The molecular formula is C7H15N3O2. The Kier molecular flexibility index (Phi) is 3.83. The molecule has 1 unspecified atom stereocenters. The largest absolute Gasteiger partial charge is 0.379 e. The lowest BCUT2D eigenvalue weighted by Crippen LogP contribution is -2.37. The van der Waals surface area contributed by atoms with E-state index in [0.717, 1.165) is 13.0 Å². The molecule has 1 rings (SSSR count). The lowest BCUT2D eigenvalue weighted by Gasteiger charge is -2.12. The molecule has 1 saturated heterocycles. The van der Waals surface area contributed by atoms with Crippen LogP contribution in [0, 0.1) is 0 Å². The molecule has 2 N–H and O–H groups in total. The van der Waals surface area contributed by atoms with Gasteiger partial charge in [0.1, 0.15) is 6.10 Å². The van der Waals surface area contributed by atoms with Crippen LogP contribution in [-0.4, -0.2) is 39.4 Å². The molecule has 0 radical (unpaired) electrons. The highest BCUT2D eigenvalue weighted by molar-refractivity contribution is 5.78. The molecule has 1 aliphatic rings. The average Bonchev–Trinajstić information content (AvgIpc) is 2.59. The number of hydroxylamine groups is 1. The molecule has 0 aliphatic carbocycles. The zero-order valence-corrected chi connectivity index (χ0v) is 7.46. The Balaban J connectivity index is 2.15. The van der Waals surface area contributed by atoms with Gasteiger partial charge in [-0.05, 0) is 0 Å². The third-order valence-electron chi connectivity index (χ3n) is 1.67. The zero-order chi connectivity index (χ0) is 8.81. The van der Waals surface area contributed by atoms with Crippen molar-refractivity contribution in [3.05, 3.63) is 0 Å². The van der Waals surface area contributed by atoms with Gasteiger partial charge in [-0.3, -0.25) is 9.83 Å². The maximum atomic E-state index is 5.28. The lowest BCUT2D eigenvalue weighted by molar-refractivity contribution is 0.00321. The van der Waals surface area contributed by atoms with Gasteiger partial charge in [0.25, 0.3) is 0 Å². The summed E-state index contributed by atoms with van der Waals surface area (Å²) in [6, 6.07) is 0. The Hall–Kier alpha value is -0.810. The van der Waals surface area contributed by atoms with Crippen molar-refractivity contribution in [3.63, 3.8) is 0 Å². The first-order valence-corrected chi connectivity index (χ1v) is 4.00. The molecule has 0 spiro atoms. The number of hydrogen-bond donors (Lipinski definition) is 2. The fourth-order valence-corrected chi connectivity index (χ4v) is 0.953. The Labute approximate surface area is 72.1 Å². The minimum Gasteiger partial charge on any atom is -0.379 e. The highest BCUT2D eigenvalue weighted by Gasteiger charge is 2.16. The summed E-state index contributed by atoms with van der Waals surface area (Å²) in [5.74, 6) is 0.627. The number of ether oxygens (including phenoxy) is 1. The van der Waals surface area contributed by atoms with E-state index in [1.165, 1.54) is 0 Å². The Morgan fingerprint density at radius 2 is 2.50 bits per heavy atom. The SMILES string of the molecule is CN=C(NC)NOC1CCOC1. The van der Waals surface area contributed by atoms with E-state index >= 15 is 0 Å². The fraction of sp³-hybridized carbons (Fsp3) is 0.857. The maximum absolute atomic E-state index is 5.28. The van der Waals surface area contributed by atoms with E-state index < -0.39 is 0 Å². The first-order valence-electron chi connectivity index (χ1n) is 4.00. The molecule has 0 aromatic carbocycles. The molecule has 0 aromatic rings. The van der Waals surface area contributed by atoms with E-state index in [1.54, 1.807) is 14.1 Å². The van der Waals surface area contributed by atoms with Crippen LogP contribution in [0.5, 0.6) is 0 Å². The van der Waals surface area contributed by atoms with Gasteiger partial charge in [0.2, 0.25) is 5.96 Å². The highest BCUT2D eigenvalue weighted by atomic mass is 16.7. The number of hydrogen-bond acceptors (Lipinski definition) is 3. The standard InChI is InChI=1S/C7H15N3O2/c1-8-7(9-2)10-12-6-3-4-11-5-6/h6H,3-5H2,1-2H3,(H2,8,9,10). The molecule has 1 atom stereocenters. The van der Waals surface area contributed by atoms with Crippen molar-refractivity contribution in [2.24, 2.45) is 4.99 Å². The predicted molar refractivity (Wildman–Crippen MR) is 45.9 cm³/mol. The monoisotopic (exact) mass is 173 g/mol. The molecule has 1 heterocycles. The maximum Gasteiger partial charge on any atom is 0.215 e. The summed E-state index contributed by atoms with van der Waals surface area (Å²) in [6.07, 6.45) is 1.09. The van der Waals surface area contributed by atoms with Crippen molar-refractivity contribution in [3.8, 4) is 0 Å². The van der Waals surface area contributed by atoms with Crippen LogP contribution in [0.25, 0.3) is 0 Å². The Morgan fingerprint density at radius 1 is 1.67 bits per heavy atom. The zero-order valence-electron chi connectivity index (χ0n) is 7.46. The van der Waals surface area contributed by atoms with E-state index in [0.29, 0.717) is 12.6 Å². The van der Waals surface area contributed by atoms with Crippen molar-refractivity contribution in [1.82, 2.24) is 10.8 Å². The number of nitrogens with one attached hydrogen (secondary N) is 2. The summed E-state index contributed by atoms with van der Waals surface area (Å²) in [6.45, 7) is 1.44. The van der Waals surface area contributed by atoms with Gasteiger partial charge < -0.3 is 10.1 Å². The average molecular weight is 173 g/mol. The summed E-state index contributed by atoms with van der Waals surface area (Å²) in [5.41, 5.74) is 2.72. The highest BCUT2D eigenvalue weighted by Crippen LogP contribution is 2.05. The predicted octanol–water partition coefficient (Wildman–Crippen LogP) is -0.498. The Morgan fingerprint density at radius 3 is 3.00 bits per heavy atom. The van der Waals surface area contributed by atoms with E-state index in [-0.39, 0.29) is 6.10 Å². The lowest BCUT2D eigenvalue weighted by atomic mass is 10.3. The van der Waals surface area contributed by atoms with Gasteiger partial charge in [0.15, 0.2) is 0 Å². The molecule has 70 valence electrons. The van der Waals surface area contributed by atoms with Gasteiger partial charge in [-0.1, -0.05) is 0 Å². The van der Waals surface area contributed by atoms with Gasteiger partial charge in [-0.25, -0.2) is 5.48 Å². The topological polar surface area (TPSA) is 54.9 Å². The van der Waals surface area contributed by atoms with E-state index in [4.69, 9.17) is 9.57 Å². The molecule has 12 heavy (non-hydrogen) atoms. The minimum absolute atomic E-state index is 0.148. The van der Waals surface area contributed by atoms with Crippen LogP contribution in [0.4, 0.5) is 0 Å². The third-order valence-corrected chi connectivity index (χ3v) is 1.67. The van der Waals surface area contributed by atoms with Crippen LogP contribution in [-0.2, 0) is 9.57 Å². The van der Waals surface area contributed by atoms with E-state index in [9.17, 15) is 0 Å². The van der Waals surface area contributed by atoms with Crippen LogP contribution in [0.15, 0.2) is 4.99 Å². The van der Waals surface area contributed by atoms with E-state index in [1.807, 2.05) is 0 Å². The third kappa shape index (κ3) is 2.67.